The fraction of sp³-hybridized carbons (Fsp3) is 0.615. The number of rotatable bonds is 4. The molecule has 1 heterocycles. The molecule has 2 rings (SSSR count). The summed E-state index contributed by atoms with van der Waals surface area (Å²) in [6.07, 6.45) is 4.09. The van der Waals surface area contributed by atoms with Crippen LogP contribution >= 0.6 is 0 Å². The van der Waals surface area contributed by atoms with Crippen LogP contribution in [0, 0.1) is 5.41 Å². The number of hydrogen-bond donors (Lipinski definition) is 2. The van der Waals surface area contributed by atoms with Crippen molar-refractivity contribution in [3.8, 4) is 0 Å². The quantitative estimate of drug-likeness (QED) is 0.811. The molecule has 16 heavy (non-hydrogen) atoms. The van der Waals surface area contributed by atoms with Gasteiger partial charge in [0.05, 0.1) is 11.7 Å². The van der Waals surface area contributed by atoms with Crippen LogP contribution in [0.5, 0.6) is 0 Å². The summed E-state index contributed by atoms with van der Waals surface area (Å²) in [7, 11) is 0. The molecule has 0 saturated carbocycles. The molecule has 1 atom stereocenters. The molecular weight excluding hydrogens is 200 g/mol. The van der Waals surface area contributed by atoms with Crippen LogP contribution < -0.4 is 5.32 Å². The Bertz CT molecular complexity index is 363. The molecule has 0 amide bonds. The smallest absolute Gasteiger partial charge is 0.0605 e. The predicted octanol–water partition coefficient (Wildman–Crippen LogP) is 1.68. The van der Waals surface area contributed by atoms with Gasteiger partial charge in [0.1, 0.15) is 0 Å². The van der Waals surface area contributed by atoms with Crippen molar-refractivity contribution in [3.63, 3.8) is 0 Å². The zero-order chi connectivity index (χ0) is 11.6. The first-order valence-electron chi connectivity index (χ1n) is 5.90. The minimum atomic E-state index is -0.0580. The van der Waals surface area contributed by atoms with Gasteiger partial charge in [-0.05, 0) is 24.5 Å². The normalized spacial score (nSPS) is 19.8. The average molecular weight is 220 g/mol. The van der Waals surface area contributed by atoms with Crippen molar-refractivity contribution >= 4 is 0 Å². The van der Waals surface area contributed by atoms with E-state index in [9.17, 15) is 5.11 Å². The fourth-order valence-corrected chi connectivity index (χ4v) is 2.07. The van der Waals surface area contributed by atoms with Crippen molar-refractivity contribution in [3.05, 3.63) is 29.6 Å². The molecular formula is C13H20N2O. The van der Waals surface area contributed by atoms with Gasteiger partial charge in [0.25, 0.3) is 0 Å². The zero-order valence-corrected chi connectivity index (χ0v) is 10.0. The third-order valence-electron chi connectivity index (χ3n) is 3.21. The first-order chi connectivity index (χ1) is 7.62. The van der Waals surface area contributed by atoms with Crippen LogP contribution in [0.4, 0.5) is 0 Å². The predicted molar refractivity (Wildman–Crippen MR) is 64.2 cm³/mol. The van der Waals surface area contributed by atoms with Crippen LogP contribution in [-0.4, -0.2) is 23.2 Å². The highest BCUT2D eigenvalue weighted by molar-refractivity contribution is 5.27. The molecule has 3 nitrogen and oxygen atoms in total. The Morgan fingerprint density at radius 1 is 1.56 bits per heavy atom. The van der Waals surface area contributed by atoms with E-state index >= 15 is 0 Å². The lowest BCUT2D eigenvalue weighted by molar-refractivity contribution is 0.153. The summed E-state index contributed by atoms with van der Waals surface area (Å²) in [5, 5.41) is 12.7. The van der Waals surface area contributed by atoms with Gasteiger partial charge in [-0.1, -0.05) is 19.9 Å². The summed E-state index contributed by atoms with van der Waals surface area (Å²) in [6, 6.07) is 4.52. The Labute approximate surface area is 96.9 Å². The monoisotopic (exact) mass is 220 g/mol. The topological polar surface area (TPSA) is 45.1 Å². The zero-order valence-electron chi connectivity index (χ0n) is 10.0. The van der Waals surface area contributed by atoms with Crippen molar-refractivity contribution in [2.45, 2.75) is 32.7 Å². The summed E-state index contributed by atoms with van der Waals surface area (Å²) in [4.78, 5) is 4.44. The van der Waals surface area contributed by atoms with Crippen LogP contribution in [-0.2, 0) is 6.42 Å². The Balaban J connectivity index is 1.99. The Hall–Kier alpha value is -0.930. The molecule has 1 aromatic heterocycles. The summed E-state index contributed by atoms with van der Waals surface area (Å²) in [6.45, 7) is 5.16. The summed E-state index contributed by atoms with van der Waals surface area (Å²) < 4.78 is 0. The lowest BCUT2D eigenvalue weighted by Crippen LogP contribution is -2.34. The average Bonchev–Trinajstić information content (AvgIpc) is 2.70. The van der Waals surface area contributed by atoms with E-state index in [2.05, 4.69) is 30.2 Å². The Morgan fingerprint density at radius 2 is 2.38 bits per heavy atom. The fourth-order valence-electron chi connectivity index (χ4n) is 2.07. The second kappa shape index (κ2) is 4.52. The number of fused-ring (bicyclic) bond motifs is 1. The van der Waals surface area contributed by atoms with Crippen molar-refractivity contribution in [1.82, 2.24) is 10.3 Å². The molecule has 1 aliphatic carbocycles. The number of nitrogens with zero attached hydrogens (tertiary/aromatic N) is 1. The van der Waals surface area contributed by atoms with Crippen LogP contribution in [0.1, 0.15) is 37.6 Å². The molecule has 0 spiro atoms. The van der Waals surface area contributed by atoms with Gasteiger partial charge in [0.15, 0.2) is 0 Å². The third-order valence-corrected chi connectivity index (χ3v) is 3.21. The van der Waals surface area contributed by atoms with E-state index in [1.165, 1.54) is 11.3 Å². The van der Waals surface area contributed by atoms with Gasteiger partial charge in [0, 0.05) is 24.8 Å². The van der Waals surface area contributed by atoms with E-state index < -0.39 is 0 Å². The highest BCUT2D eigenvalue weighted by Crippen LogP contribution is 2.29. The number of pyridine rings is 1. The lowest BCUT2D eigenvalue weighted by Gasteiger charge is -2.24. The van der Waals surface area contributed by atoms with E-state index in [0.717, 1.165) is 19.4 Å². The van der Waals surface area contributed by atoms with Crippen LogP contribution in [0.2, 0.25) is 0 Å². The molecule has 1 unspecified atom stereocenters. The molecule has 2 N–H and O–H groups in total. The van der Waals surface area contributed by atoms with E-state index in [1.54, 1.807) is 0 Å². The van der Waals surface area contributed by atoms with Gasteiger partial charge >= 0.3 is 0 Å². The van der Waals surface area contributed by atoms with Crippen molar-refractivity contribution in [2.75, 3.05) is 13.2 Å². The molecule has 0 aliphatic heterocycles. The van der Waals surface area contributed by atoms with E-state index in [4.69, 9.17) is 0 Å². The Morgan fingerprint density at radius 3 is 3.12 bits per heavy atom. The number of hydrogen-bond acceptors (Lipinski definition) is 3. The highest BCUT2D eigenvalue weighted by Gasteiger charge is 2.25. The summed E-state index contributed by atoms with van der Waals surface area (Å²) in [5.41, 5.74) is 2.50. The summed E-state index contributed by atoms with van der Waals surface area (Å²) >= 11 is 0. The van der Waals surface area contributed by atoms with E-state index in [-0.39, 0.29) is 12.0 Å². The maximum Gasteiger partial charge on any atom is 0.0605 e. The molecule has 0 saturated heterocycles. The van der Waals surface area contributed by atoms with Gasteiger partial charge in [-0.15, -0.1) is 0 Å². The molecule has 3 heteroatoms. The van der Waals surface area contributed by atoms with E-state index in [1.807, 2.05) is 12.3 Å². The van der Waals surface area contributed by atoms with Crippen LogP contribution in [0.15, 0.2) is 18.3 Å². The van der Waals surface area contributed by atoms with Crippen molar-refractivity contribution in [1.29, 1.82) is 0 Å². The minimum absolute atomic E-state index is 0.0580. The van der Waals surface area contributed by atoms with Gasteiger partial charge < -0.3 is 10.4 Å². The van der Waals surface area contributed by atoms with Gasteiger partial charge in [-0.3, -0.25) is 4.98 Å². The summed E-state index contributed by atoms with van der Waals surface area (Å²) in [5.74, 6) is 0. The number of nitrogens with one attached hydrogen (secondary N) is 1. The molecule has 0 bridgehead atoms. The van der Waals surface area contributed by atoms with Crippen molar-refractivity contribution < 1.29 is 5.11 Å². The minimum Gasteiger partial charge on any atom is -0.396 e. The van der Waals surface area contributed by atoms with Crippen molar-refractivity contribution in [2.24, 2.45) is 5.41 Å². The standard InChI is InChI=1S/C13H20N2O/c1-13(2,9-16)8-15-11-6-5-10-4-3-7-14-12(10)11/h3-4,7,11,15-16H,5-6,8-9H2,1-2H3. The second-order valence-corrected chi connectivity index (χ2v) is 5.34. The molecule has 1 aromatic rings. The molecule has 88 valence electrons. The van der Waals surface area contributed by atoms with E-state index in [0.29, 0.717) is 6.04 Å². The van der Waals surface area contributed by atoms with Gasteiger partial charge in [-0.25, -0.2) is 0 Å². The number of aliphatic hydroxyl groups is 1. The maximum atomic E-state index is 9.21. The highest BCUT2D eigenvalue weighted by atomic mass is 16.3. The number of aryl methyl sites for hydroxylation is 1. The SMILES string of the molecule is CC(C)(CO)CNC1CCc2cccnc21. The molecule has 1 aliphatic rings. The first kappa shape index (κ1) is 11.6. The van der Waals surface area contributed by atoms with Gasteiger partial charge in [-0.2, -0.15) is 0 Å². The molecule has 0 radical (unpaired) electrons. The third kappa shape index (κ3) is 2.42. The Kier molecular flexibility index (Phi) is 3.26. The maximum absolute atomic E-state index is 9.21. The lowest BCUT2D eigenvalue weighted by atomic mass is 9.94. The first-order valence-corrected chi connectivity index (χ1v) is 5.90. The van der Waals surface area contributed by atoms with Gasteiger partial charge in [0.2, 0.25) is 0 Å². The molecule has 0 aromatic carbocycles. The van der Waals surface area contributed by atoms with Crippen LogP contribution in [0.3, 0.4) is 0 Å². The molecule has 0 fully saturated rings. The number of aromatic nitrogens is 1. The number of aliphatic hydroxyl groups excluding tert-OH is 1. The largest absolute Gasteiger partial charge is 0.396 e. The second-order valence-electron chi connectivity index (χ2n) is 5.34. The van der Waals surface area contributed by atoms with Crippen LogP contribution in [0.25, 0.3) is 0 Å².